The van der Waals surface area contributed by atoms with Gasteiger partial charge in [-0.05, 0) is 23.1 Å². The molecule has 0 saturated heterocycles. The van der Waals surface area contributed by atoms with E-state index in [1.54, 1.807) is 6.07 Å². The molecule has 3 heteroatoms. The molecule has 0 heterocycles. The standard InChI is InChI=1S/C19H16O3/c1-21-19(20)17-11-12-18(16-10-6-5-9-15(16)17)22-13-14-7-3-2-4-8-14/h2-12H,13H2,1H3. The second-order valence-corrected chi connectivity index (χ2v) is 4.92. The molecule has 0 aliphatic heterocycles. The quantitative estimate of drug-likeness (QED) is 0.676. The van der Waals surface area contributed by atoms with Gasteiger partial charge in [-0.15, -0.1) is 0 Å². The van der Waals surface area contributed by atoms with E-state index in [2.05, 4.69) is 0 Å². The Balaban J connectivity index is 1.96. The number of hydrogen-bond acceptors (Lipinski definition) is 3. The van der Waals surface area contributed by atoms with Gasteiger partial charge in [-0.25, -0.2) is 4.79 Å². The lowest BCUT2D eigenvalue weighted by molar-refractivity contribution is 0.0603. The topological polar surface area (TPSA) is 35.5 Å². The molecule has 0 bridgehead atoms. The maximum atomic E-state index is 11.9. The number of carbonyl (C=O) groups is 1. The normalized spacial score (nSPS) is 10.4. The Kier molecular flexibility index (Phi) is 4.05. The maximum Gasteiger partial charge on any atom is 0.338 e. The summed E-state index contributed by atoms with van der Waals surface area (Å²) in [7, 11) is 1.39. The summed E-state index contributed by atoms with van der Waals surface area (Å²) in [5.74, 6) is 0.415. The number of methoxy groups -OCH3 is 1. The van der Waals surface area contributed by atoms with Crippen LogP contribution in [0.3, 0.4) is 0 Å². The molecule has 0 saturated carbocycles. The molecular formula is C19H16O3. The van der Waals surface area contributed by atoms with Gasteiger partial charge in [-0.1, -0.05) is 54.6 Å². The first-order valence-electron chi connectivity index (χ1n) is 7.06. The number of ether oxygens (including phenoxy) is 2. The summed E-state index contributed by atoms with van der Waals surface area (Å²) in [6.45, 7) is 0.488. The highest BCUT2D eigenvalue weighted by atomic mass is 16.5. The van der Waals surface area contributed by atoms with E-state index < -0.39 is 0 Å². The van der Waals surface area contributed by atoms with Crippen molar-refractivity contribution in [3.05, 3.63) is 77.9 Å². The number of rotatable bonds is 4. The fourth-order valence-corrected chi connectivity index (χ4v) is 2.42. The monoisotopic (exact) mass is 292 g/mol. The molecular weight excluding hydrogens is 276 g/mol. The fourth-order valence-electron chi connectivity index (χ4n) is 2.42. The molecule has 3 nitrogen and oxygen atoms in total. The minimum Gasteiger partial charge on any atom is -0.488 e. The number of carbonyl (C=O) groups excluding carboxylic acids is 1. The van der Waals surface area contributed by atoms with Crippen LogP contribution in [0.4, 0.5) is 0 Å². The van der Waals surface area contributed by atoms with Crippen molar-refractivity contribution in [2.75, 3.05) is 7.11 Å². The zero-order chi connectivity index (χ0) is 15.4. The van der Waals surface area contributed by atoms with E-state index in [-0.39, 0.29) is 5.97 Å². The van der Waals surface area contributed by atoms with Gasteiger partial charge < -0.3 is 9.47 Å². The molecule has 0 aliphatic carbocycles. The Hall–Kier alpha value is -2.81. The Labute approximate surface area is 129 Å². The lowest BCUT2D eigenvalue weighted by atomic mass is 10.0. The van der Waals surface area contributed by atoms with Crippen LogP contribution in [0.1, 0.15) is 15.9 Å². The first kappa shape index (κ1) is 14.1. The summed E-state index contributed by atoms with van der Waals surface area (Å²) in [5, 5.41) is 1.74. The zero-order valence-electron chi connectivity index (χ0n) is 12.3. The summed E-state index contributed by atoms with van der Waals surface area (Å²) in [4.78, 5) is 11.9. The average Bonchev–Trinajstić information content (AvgIpc) is 2.60. The van der Waals surface area contributed by atoms with Crippen molar-refractivity contribution in [3.63, 3.8) is 0 Å². The van der Waals surface area contributed by atoms with Crippen molar-refractivity contribution in [1.29, 1.82) is 0 Å². The smallest absolute Gasteiger partial charge is 0.338 e. The summed E-state index contributed by atoms with van der Waals surface area (Å²) >= 11 is 0. The fraction of sp³-hybridized carbons (Fsp3) is 0.105. The summed E-state index contributed by atoms with van der Waals surface area (Å²) in [5.41, 5.74) is 1.65. The summed E-state index contributed by atoms with van der Waals surface area (Å²) in [6.07, 6.45) is 0. The molecule has 0 spiro atoms. The third kappa shape index (κ3) is 2.79. The van der Waals surface area contributed by atoms with Crippen molar-refractivity contribution in [2.45, 2.75) is 6.61 Å². The molecule has 0 N–H and O–H groups in total. The Morgan fingerprint density at radius 2 is 1.55 bits per heavy atom. The molecule has 0 aliphatic rings. The minimum absolute atomic E-state index is 0.342. The predicted molar refractivity (Wildman–Crippen MR) is 86.1 cm³/mol. The molecule has 110 valence electrons. The molecule has 0 unspecified atom stereocenters. The predicted octanol–water partition coefficient (Wildman–Crippen LogP) is 4.21. The van der Waals surface area contributed by atoms with E-state index in [4.69, 9.17) is 9.47 Å². The van der Waals surface area contributed by atoms with Crippen molar-refractivity contribution < 1.29 is 14.3 Å². The highest BCUT2D eigenvalue weighted by Crippen LogP contribution is 2.29. The van der Waals surface area contributed by atoms with E-state index in [0.717, 1.165) is 22.1 Å². The van der Waals surface area contributed by atoms with E-state index in [1.165, 1.54) is 7.11 Å². The average molecular weight is 292 g/mol. The van der Waals surface area contributed by atoms with E-state index in [1.807, 2.05) is 60.7 Å². The van der Waals surface area contributed by atoms with Crippen LogP contribution in [-0.4, -0.2) is 13.1 Å². The molecule has 3 rings (SSSR count). The Bertz CT molecular complexity index is 794. The van der Waals surface area contributed by atoms with Crippen molar-refractivity contribution in [2.24, 2.45) is 0 Å². The molecule has 0 radical (unpaired) electrons. The number of fused-ring (bicyclic) bond motifs is 1. The molecule has 3 aromatic carbocycles. The van der Waals surface area contributed by atoms with Crippen LogP contribution in [0.2, 0.25) is 0 Å². The number of esters is 1. The first-order valence-corrected chi connectivity index (χ1v) is 7.06. The second-order valence-electron chi connectivity index (χ2n) is 4.92. The van der Waals surface area contributed by atoms with Gasteiger partial charge >= 0.3 is 5.97 Å². The largest absolute Gasteiger partial charge is 0.488 e. The SMILES string of the molecule is COC(=O)c1ccc(OCc2ccccc2)c2ccccc12. The van der Waals surface area contributed by atoms with Gasteiger partial charge in [0.25, 0.3) is 0 Å². The third-order valence-corrected chi connectivity index (χ3v) is 3.53. The minimum atomic E-state index is -0.342. The van der Waals surface area contributed by atoms with E-state index >= 15 is 0 Å². The van der Waals surface area contributed by atoms with Gasteiger partial charge in [0.15, 0.2) is 0 Å². The van der Waals surface area contributed by atoms with E-state index in [9.17, 15) is 4.79 Å². The van der Waals surface area contributed by atoms with Crippen LogP contribution in [0.5, 0.6) is 5.75 Å². The number of hydrogen-bond donors (Lipinski definition) is 0. The second kappa shape index (κ2) is 6.31. The summed E-state index contributed by atoms with van der Waals surface area (Å²) in [6, 6.07) is 21.2. The zero-order valence-corrected chi connectivity index (χ0v) is 12.3. The van der Waals surface area contributed by atoms with Gasteiger partial charge in [0, 0.05) is 5.39 Å². The Morgan fingerprint density at radius 1 is 0.864 bits per heavy atom. The highest BCUT2D eigenvalue weighted by molar-refractivity contribution is 6.06. The third-order valence-electron chi connectivity index (χ3n) is 3.53. The molecule has 3 aromatic rings. The van der Waals surface area contributed by atoms with Gasteiger partial charge in [0.1, 0.15) is 12.4 Å². The van der Waals surface area contributed by atoms with Crippen LogP contribution in [0.25, 0.3) is 10.8 Å². The molecule has 0 fully saturated rings. The lowest BCUT2D eigenvalue weighted by Gasteiger charge is -2.11. The van der Waals surface area contributed by atoms with Crippen molar-refractivity contribution >= 4 is 16.7 Å². The maximum absolute atomic E-state index is 11.9. The van der Waals surface area contributed by atoms with E-state index in [0.29, 0.717) is 12.2 Å². The van der Waals surface area contributed by atoms with Crippen molar-refractivity contribution in [3.8, 4) is 5.75 Å². The van der Waals surface area contributed by atoms with Crippen LogP contribution in [0, 0.1) is 0 Å². The molecule has 0 aromatic heterocycles. The van der Waals surface area contributed by atoms with Crippen LogP contribution >= 0.6 is 0 Å². The highest BCUT2D eigenvalue weighted by Gasteiger charge is 2.13. The van der Waals surface area contributed by atoms with Gasteiger partial charge in [0.2, 0.25) is 0 Å². The van der Waals surface area contributed by atoms with Crippen molar-refractivity contribution in [1.82, 2.24) is 0 Å². The lowest BCUT2D eigenvalue weighted by Crippen LogP contribution is -2.03. The molecule has 0 atom stereocenters. The van der Waals surface area contributed by atoms with Crippen LogP contribution < -0.4 is 4.74 Å². The van der Waals surface area contributed by atoms with Crippen LogP contribution in [0.15, 0.2) is 66.7 Å². The van der Waals surface area contributed by atoms with Crippen LogP contribution in [-0.2, 0) is 11.3 Å². The Morgan fingerprint density at radius 3 is 2.27 bits per heavy atom. The van der Waals surface area contributed by atoms with Gasteiger partial charge in [0.05, 0.1) is 12.7 Å². The number of benzene rings is 3. The summed E-state index contributed by atoms with van der Waals surface area (Å²) < 4.78 is 10.8. The molecule has 0 amide bonds. The first-order chi connectivity index (χ1) is 10.8. The van der Waals surface area contributed by atoms with Gasteiger partial charge in [-0.3, -0.25) is 0 Å². The van der Waals surface area contributed by atoms with Gasteiger partial charge in [-0.2, -0.15) is 0 Å². The molecule has 22 heavy (non-hydrogen) atoms.